The van der Waals surface area contributed by atoms with E-state index in [0.717, 1.165) is 35.3 Å². The predicted octanol–water partition coefficient (Wildman–Crippen LogP) is 3.89. The molecule has 2 aromatic rings. The summed E-state index contributed by atoms with van der Waals surface area (Å²) >= 11 is 2.95. The first kappa shape index (κ1) is 18.2. The molecule has 1 heterocycles. The number of fused-ring (bicyclic) bond motifs is 1. The molecule has 1 aliphatic carbocycles. The van der Waals surface area contributed by atoms with Crippen LogP contribution in [0.2, 0.25) is 0 Å². The first-order chi connectivity index (χ1) is 12.1. The number of aryl methyl sites for hydroxylation is 1. The van der Waals surface area contributed by atoms with Crippen molar-refractivity contribution in [3.8, 4) is 0 Å². The van der Waals surface area contributed by atoms with Crippen LogP contribution in [0.25, 0.3) is 0 Å². The van der Waals surface area contributed by atoms with E-state index in [1.54, 1.807) is 0 Å². The molecule has 1 aromatic heterocycles. The number of benzene rings is 1. The summed E-state index contributed by atoms with van der Waals surface area (Å²) in [6.07, 6.45) is 3.24. The largest absolute Gasteiger partial charge is 0.360 e. The molecule has 1 aliphatic rings. The van der Waals surface area contributed by atoms with Gasteiger partial charge in [-0.3, -0.25) is 4.79 Å². The van der Waals surface area contributed by atoms with Gasteiger partial charge < -0.3 is 10.6 Å². The van der Waals surface area contributed by atoms with E-state index < -0.39 is 0 Å². The minimum atomic E-state index is 0.0543. The van der Waals surface area contributed by atoms with Crippen molar-refractivity contribution in [3.63, 3.8) is 0 Å². The second-order valence-corrected chi connectivity index (χ2v) is 8.85. The molecule has 2 N–H and O–H groups in total. The molecule has 0 unspecified atom stereocenters. The van der Waals surface area contributed by atoms with Crippen molar-refractivity contribution in [1.82, 2.24) is 15.5 Å². The molecule has 3 rings (SSSR count). The number of hydrogen-bond acceptors (Lipinski definition) is 6. The number of aromatic nitrogens is 2. The molecule has 0 aliphatic heterocycles. The Balaban J connectivity index is 1.49. The molecule has 25 heavy (non-hydrogen) atoms. The number of nitrogens with one attached hydrogen (secondary N) is 2. The van der Waals surface area contributed by atoms with E-state index in [0.29, 0.717) is 11.7 Å². The first-order valence-corrected chi connectivity index (χ1v) is 10.5. The lowest BCUT2D eigenvalue weighted by atomic mass is 9.88. The number of carbonyl (C=O) groups is 1. The molecule has 0 saturated carbocycles. The zero-order valence-corrected chi connectivity index (χ0v) is 16.3. The Morgan fingerprint density at radius 3 is 3.04 bits per heavy atom. The van der Waals surface area contributed by atoms with Gasteiger partial charge in [-0.25, -0.2) is 0 Å². The number of carbonyl (C=O) groups excluding carboxylic acids is 1. The topological polar surface area (TPSA) is 66.9 Å². The minimum absolute atomic E-state index is 0.0543. The van der Waals surface area contributed by atoms with Crippen LogP contribution in [0.1, 0.15) is 43.9 Å². The van der Waals surface area contributed by atoms with Gasteiger partial charge in [0, 0.05) is 6.54 Å². The van der Waals surface area contributed by atoms with Gasteiger partial charge in [-0.15, -0.1) is 10.2 Å². The zero-order chi connectivity index (χ0) is 17.6. The van der Waals surface area contributed by atoms with Crippen LogP contribution in [-0.4, -0.2) is 28.4 Å². The molecule has 0 spiro atoms. The lowest BCUT2D eigenvalue weighted by Crippen LogP contribution is -2.32. The standard InChI is InChI=1S/C18H24N4OS2/c1-12(2)10-19-17-21-22-18(25-17)24-11-16(23)20-15-9-5-7-13-6-3-4-8-14(13)15/h3-4,6,8,12,15H,5,7,9-11H2,1-2H3,(H,19,21)(H,20,23)/t15-/m0/s1. The van der Waals surface area contributed by atoms with Gasteiger partial charge in [-0.2, -0.15) is 0 Å². The minimum Gasteiger partial charge on any atom is -0.360 e. The first-order valence-electron chi connectivity index (χ1n) is 8.69. The van der Waals surface area contributed by atoms with Crippen molar-refractivity contribution in [2.24, 2.45) is 5.92 Å². The van der Waals surface area contributed by atoms with Crippen LogP contribution in [0, 0.1) is 5.92 Å². The summed E-state index contributed by atoms with van der Waals surface area (Å²) in [5.74, 6) is 0.986. The van der Waals surface area contributed by atoms with Crippen molar-refractivity contribution in [1.29, 1.82) is 0 Å². The van der Waals surface area contributed by atoms with E-state index in [1.807, 2.05) is 6.07 Å². The molecule has 0 fully saturated rings. The summed E-state index contributed by atoms with van der Waals surface area (Å²) in [7, 11) is 0. The van der Waals surface area contributed by atoms with Crippen molar-refractivity contribution < 1.29 is 4.79 Å². The average molecular weight is 377 g/mol. The van der Waals surface area contributed by atoms with E-state index in [1.165, 1.54) is 34.2 Å². The molecule has 0 bridgehead atoms. The van der Waals surface area contributed by atoms with E-state index >= 15 is 0 Å². The third kappa shape index (κ3) is 5.19. The highest BCUT2D eigenvalue weighted by Gasteiger charge is 2.21. The second-order valence-electron chi connectivity index (χ2n) is 6.65. The van der Waals surface area contributed by atoms with Gasteiger partial charge in [0.25, 0.3) is 0 Å². The normalized spacial score (nSPS) is 16.5. The Morgan fingerprint density at radius 1 is 1.36 bits per heavy atom. The second kappa shape index (κ2) is 8.67. The van der Waals surface area contributed by atoms with Crippen LogP contribution in [0.15, 0.2) is 28.6 Å². The number of anilines is 1. The van der Waals surface area contributed by atoms with Crippen LogP contribution < -0.4 is 10.6 Å². The summed E-state index contributed by atoms with van der Waals surface area (Å²) in [6.45, 7) is 5.18. The Labute approximate surface area is 157 Å². The molecule has 5 nitrogen and oxygen atoms in total. The molecule has 1 atom stereocenters. The molecule has 1 aromatic carbocycles. The van der Waals surface area contributed by atoms with Crippen molar-refractivity contribution in [2.45, 2.75) is 43.5 Å². The maximum atomic E-state index is 12.3. The Morgan fingerprint density at radius 2 is 2.20 bits per heavy atom. The van der Waals surface area contributed by atoms with Crippen LogP contribution >= 0.6 is 23.1 Å². The number of amides is 1. The van der Waals surface area contributed by atoms with Gasteiger partial charge in [0.15, 0.2) is 4.34 Å². The van der Waals surface area contributed by atoms with Gasteiger partial charge in [0.05, 0.1) is 11.8 Å². The van der Waals surface area contributed by atoms with Gasteiger partial charge >= 0.3 is 0 Å². The van der Waals surface area contributed by atoms with Crippen molar-refractivity contribution in [3.05, 3.63) is 35.4 Å². The number of hydrogen-bond donors (Lipinski definition) is 2. The summed E-state index contributed by atoms with van der Waals surface area (Å²) < 4.78 is 0.824. The summed E-state index contributed by atoms with van der Waals surface area (Å²) in [5, 5.41) is 15.5. The fourth-order valence-corrected chi connectivity index (χ4v) is 4.47. The molecule has 0 saturated heterocycles. The van der Waals surface area contributed by atoms with E-state index in [4.69, 9.17) is 0 Å². The Bertz CT molecular complexity index is 717. The lowest BCUT2D eigenvalue weighted by Gasteiger charge is -2.26. The van der Waals surface area contributed by atoms with Crippen LogP contribution in [-0.2, 0) is 11.2 Å². The Kier molecular flexibility index (Phi) is 6.31. The number of nitrogens with zero attached hydrogens (tertiary/aromatic N) is 2. The predicted molar refractivity (Wildman–Crippen MR) is 104 cm³/mol. The molecule has 1 amide bonds. The SMILES string of the molecule is CC(C)CNc1nnc(SCC(=O)N[C@H]2CCCc3ccccc32)s1. The van der Waals surface area contributed by atoms with E-state index in [2.05, 4.69) is 52.9 Å². The van der Waals surface area contributed by atoms with Crippen LogP contribution in [0.5, 0.6) is 0 Å². The molecular formula is C18H24N4OS2. The summed E-state index contributed by atoms with van der Waals surface area (Å²) in [5.41, 5.74) is 2.62. The smallest absolute Gasteiger partial charge is 0.230 e. The fourth-order valence-electron chi connectivity index (χ4n) is 2.90. The van der Waals surface area contributed by atoms with E-state index in [-0.39, 0.29) is 11.9 Å². The molecule has 0 radical (unpaired) electrons. The highest BCUT2D eigenvalue weighted by Crippen LogP contribution is 2.30. The third-order valence-electron chi connectivity index (χ3n) is 4.10. The maximum absolute atomic E-state index is 12.3. The highest BCUT2D eigenvalue weighted by atomic mass is 32.2. The van der Waals surface area contributed by atoms with Gasteiger partial charge in [0.1, 0.15) is 0 Å². The zero-order valence-electron chi connectivity index (χ0n) is 14.6. The fraction of sp³-hybridized carbons (Fsp3) is 0.500. The third-order valence-corrected chi connectivity index (χ3v) is 6.11. The van der Waals surface area contributed by atoms with Crippen molar-refractivity contribution in [2.75, 3.05) is 17.6 Å². The molecular weight excluding hydrogens is 352 g/mol. The van der Waals surface area contributed by atoms with Crippen LogP contribution in [0.3, 0.4) is 0 Å². The number of rotatable bonds is 7. The van der Waals surface area contributed by atoms with E-state index in [9.17, 15) is 4.79 Å². The monoisotopic (exact) mass is 376 g/mol. The summed E-state index contributed by atoms with van der Waals surface area (Å²) in [6, 6.07) is 8.54. The summed E-state index contributed by atoms with van der Waals surface area (Å²) in [4.78, 5) is 12.3. The van der Waals surface area contributed by atoms with Gasteiger partial charge in [0.2, 0.25) is 11.0 Å². The molecule has 134 valence electrons. The number of thioether (sulfide) groups is 1. The Hall–Kier alpha value is -1.60. The lowest BCUT2D eigenvalue weighted by molar-refractivity contribution is -0.119. The van der Waals surface area contributed by atoms with Gasteiger partial charge in [-0.1, -0.05) is 61.2 Å². The average Bonchev–Trinajstić information content (AvgIpc) is 3.06. The molecule has 7 heteroatoms. The van der Waals surface area contributed by atoms with Gasteiger partial charge in [-0.05, 0) is 36.3 Å². The highest BCUT2D eigenvalue weighted by molar-refractivity contribution is 8.01. The maximum Gasteiger partial charge on any atom is 0.230 e. The quantitative estimate of drug-likeness (QED) is 0.718. The van der Waals surface area contributed by atoms with Crippen molar-refractivity contribution >= 4 is 34.1 Å². The van der Waals surface area contributed by atoms with Crippen LogP contribution in [0.4, 0.5) is 5.13 Å².